The van der Waals surface area contributed by atoms with Gasteiger partial charge in [-0.05, 0) is 37.3 Å². The molecule has 35 heavy (non-hydrogen) atoms. The minimum atomic E-state index is -0.584. The summed E-state index contributed by atoms with van der Waals surface area (Å²) < 4.78 is 0. The Hall–Kier alpha value is -3.97. The number of piperazine rings is 1. The third kappa shape index (κ3) is 4.31. The van der Waals surface area contributed by atoms with Crippen molar-refractivity contribution in [3.8, 4) is 11.3 Å². The number of H-pyrrole nitrogens is 1. The van der Waals surface area contributed by atoms with E-state index in [0.717, 1.165) is 5.56 Å². The summed E-state index contributed by atoms with van der Waals surface area (Å²) in [5, 5.41) is 1.25. The van der Waals surface area contributed by atoms with Gasteiger partial charge in [0.05, 0.1) is 16.8 Å². The zero-order chi connectivity index (χ0) is 24.5. The Kier molecular flexibility index (Phi) is 6.09. The molecule has 4 aromatic rings. The maximum Gasteiger partial charge on any atom is 0.295 e. The van der Waals surface area contributed by atoms with Gasteiger partial charge in [0.15, 0.2) is 0 Å². The second-order valence-corrected chi connectivity index (χ2v) is 9.02. The molecule has 2 aromatic heterocycles. The van der Waals surface area contributed by atoms with Crippen LogP contribution in [0.5, 0.6) is 0 Å². The predicted octanol–water partition coefficient (Wildman–Crippen LogP) is 4.44. The first-order valence-corrected chi connectivity index (χ1v) is 11.7. The smallest absolute Gasteiger partial charge is 0.295 e. The van der Waals surface area contributed by atoms with Crippen molar-refractivity contribution in [2.75, 3.05) is 19.6 Å². The average molecular weight is 487 g/mol. The van der Waals surface area contributed by atoms with Crippen molar-refractivity contribution < 1.29 is 14.4 Å². The molecule has 8 heteroatoms. The van der Waals surface area contributed by atoms with E-state index < -0.39 is 11.7 Å². The van der Waals surface area contributed by atoms with Crippen LogP contribution in [0.3, 0.4) is 0 Å². The summed E-state index contributed by atoms with van der Waals surface area (Å²) in [6.45, 7) is 2.89. The van der Waals surface area contributed by atoms with Gasteiger partial charge in [-0.3, -0.25) is 19.4 Å². The van der Waals surface area contributed by atoms with E-state index in [1.807, 2.05) is 37.3 Å². The highest BCUT2D eigenvalue weighted by Crippen LogP contribution is 2.29. The number of amides is 2. The number of hydrogen-bond donors (Lipinski definition) is 1. The van der Waals surface area contributed by atoms with Gasteiger partial charge >= 0.3 is 0 Å². The Bertz CT molecular complexity index is 1420. The molecule has 0 aliphatic carbocycles. The number of halogens is 1. The van der Waals surface area contributed by atoms with Gasteiger partial charge in [-0.2, -0.15) is 0 Å². The largest absolute Gasteiger partial charge is 0.359 e. The highest BCUT2D eigenvalue weighted by atomic mass is 35.5. The second kappa shape index (κ2) is 9.35. The number of hydrogen-bond acceptors (Lipinski definition) is 4. The zero-order valence-corrected chi connectivity index (χ0v) is 19.8. The van der Waals surface area contributed by atoms with E-state index in [2.05, 4.69) is 9.97 Å². The van der Waals surface area contributed by atoms with E-state index in [1.54, 1.807) is 52.5 Å². The summed E-state index contributed by atoms with van der Waals surface area (Å²) in [4.78, 5) is 50.1. The summed E-state index contributed by atoms with van der Waals surface area (Å²) in [6, 6.07) is 17.8. The second-order valence-electron chi connectivity index (χ2n) is 8.59. The lowest BCUT2D eigenvalue weighted by Gasteiger charge is -2.39. The number of carbonyl (C=O) groups is 3. The number of aromatic amines is 1. The van der Waals surface area contributed by atoms with Crippen LogP contribution >= 0.6 is 11.6 Å². The van der Waals surface area contributed by atoms with Gasteiger partial charge in [-0.1, -0.05) is 41.9 Å². The van der Waals surface area contributed by atoms with E-state index in [9.17, 15) is 14.4 Å². The Morgan fingerprint density at radius 3 is 2.46 bits per heavy atom. The molecule has 7 nitrogen and oxygen atoms in total. The summed E-state index contributed by atoms with van der Waals surface area (Å²) in [7, 11) is 0. The number of Topliss-reactive ketones (excluding diaryl/α,β-unsaturated/α-hetero) is 1. The van der Waals surface area contributed by atoms with Crippen LogP contribution in [-0.2, 0) is 4.79 Å². The third-order valence-corrected chi connectivity index (χ3v) is 6.61. The van der Waals surface area contributed by atoms with E-state index >= 15 is 0 Å². The van der Waals surface area contributed by atoms with Gasteiger partial charge < -0.3 is 14.8 Å². The van der Waals surface area contributed by atoms with Gasteiger partial charge in [-0.15, -0.1) is 0 Å². The number of pyridine rings is 1. The molecular formula is C27H23ClN4O3. The van der Waals surface area contributed by atoms with Crippen molar-refractivity contribution in [2.45, 2.75) is 13.0 Å². The maximum absolute atomic E-state index is 13.3. The number of nitrogens with zero attached hydrogens (tertiary/aromatic N) is 3. The van der Waals surface area contributed by atoms with Crippen LogP contribution in [0.15, 0.2) is 73.1 Å². The van der Waals surface area contributed by atoms with Crippen molar-refractivity contribution in [2.24, 2.45) is 0 Å². The molecule has 1 saturated heterocycles. The number of ketones is 1. The topological polar surface area (TPSA) is 86.4 Å². The molecule has 1 fully saturated rings. The molecule has 0 radical (unpaired) electrons. The predicted molar refractivity (Wildman–Crippen MR) is 134 cm³/mol. The quantitative estimate of drug-likeness (QED) is 0.341. The van der Waals surface area contributed by atoms with Gasteiger partial charge in [0, 0.05) is 59.6 Å². The molecule has 176 valence electrons. The normalized spacial score (nSPS) is 15.9. The zero-order valence-electron chi connectivity index (χ0n) is 19.1. The number of nitrogens with one attached hydrogen (secondary N) is 1. The van der Waals surface area contributed by atoms with Crippen LogP contribution in [0.2, 0.25) is 5.02 Å². The van der Waals surface area contributed by atoms with Crippen molar-refractivity contribution in [3.63, 3.8) is 0 Å². The molecular weight excluding hydrogens is 464 g/mol. The first-order valence-electron chi connectivity index (χ1n) is 11.4. The highest BCUT2D eigenvalue weighted by Gasteiger charge is 2.34. The number of fused-ring (bicyclic) bond motifs is 1. The SMILES string of the molecule is CC1CN(C(=O)c2ccccc2)CCN1C(=O)C(=O)c1c[nH]c2c(-c3ccc(Cl)cc3)nccc12. The molecule has 1 aliphatic rings. The lowest BCUT2D eigenvalue weighted by atomic mass is 10.0. The molecule has 3 heterocycles. The van der Waals surface area contributed by atoms with Crippen molar-refractivity contribution in [1.29, 1.82) is 0 Å². The Labute approximate surface area is 207 Å². The van der Waals surface area contributed by atoms with Gasteiger partial charge in [0.1, 0.15) is 0 Å². The summed E-state index contributed by atoms with van der Waals surface area (Å²) in [5.74, 6) is -1.23. The van der Waals surface area contributed by atoms with Crippen LogP contribution in [0.4, 0.5) is 0 Å². The first kappa shape index (κ1) is 22.8. The number of benzene rings is 2. The third-order valence-electron chi connectivity index (χ3n) is 6.35. The Morgan fingerprint density at radius 1 is 1.00 bits per heavy atom. The standard InChI is InChI=1S/C27H23ClN4O3/c1-17-16-31(26(34)19-5-3-2-4-6-19)13-14-32(17)27(35)25(33)22-15-30-24-21(22)11-12-29-23(24)18-7-9-20(28)10-8-18/h2-12,15,17,30H,13-14,16H2,1H3. The molecule has 1 atom stereocenters. The molecule has 1 N–H and O–H groups in total. The minimum Gasteiger partial charge on any atom is -0.359 e. The average Bonchev–Trinajstić information content (AvgIpc) is 3.33. The van der Waals surface area contributed by atoms with Crippen LogP contribution < -0.4 is 0 Å². The van der Waals surface area contributed by atoms with E-state index in [-0.39, 0.29) is 11.9 Å². The first-order chi connectivity index (χ1) is 16.9. The lowest BCUT2D eigenvalue weighted by molar-refractivity contribution is -0.130. The van der Waals surface area contributed by atoms with Gasteiger partial charge in [0.25, 0.3) is 17.6 Å². The molecule has 0 saturated carbocycles. The molecule has 2 aromatic carbocycles. The molecule has 1 unspecified atom stereocenters. The maximum atomic E-state index is 13.3. The van der Waals surface area contributed by atoms with Crippen LogP contribution in [0, 0.1) is 0 Å². The minimum absolute atomic E-state index is 0.0743. The Morgan fingerprint density at radius 2 is 1.74 bits per heavy atom. The highest BCUT2D eigenvalue weighted by molar-refractivity contribution is 6.45. The monoisotopic (exact) mass is 486 g/mol. The van der Waals surface area contributed by atoms with Crippen LogP contribution in [-0.4, -0.2) is 63.0 Å². The molecule has 1 aliphatic heterocycles. The number of carbonyl (C=O) groups excluding carboxylic acids is 3. The number of aromatic nitrogens is 2. The van der Waals surface area contributed by atoms with Gasteiger partial charge in [0.2, 0.25) is 0 Å². The van der Waals surface area contributed by atoms with E-state index in [0.29, 0.717) is 52.4 Å². The van der Waals surface area contributed by atoms with Crippen molar-refractivity contribution in [3.05, 3.63) is 89.2 Å². The van der Waals surface area contributed by atoms with Crippen LogP contribution in [0.1, 0.15) is 27.6 Å². The van der Waals surface area contributed by atoms with Crippen LogP contribution in [0.25, 0.3) is 22.2 Å². The summed E-state index contributed by atoms with van der Waals surface area (Å²) in [5.41, 5.74) is 3.11. The van der Waals surface area contributed by atoms with Crippen molar-refractivity contribution in [1.82, 2.24) is 19.8 Å². The van der Waals surface area contributed by atoms with E-state index in [4.69, 9.17) is 11.6 Å². The van der Waals surface area contributed by atoms with E-state index in [1.165, 1.54) is 0 Å². The molecule has 0 bridgehead atoms. The number of rotatable bonds is 4. The summed E-state index contributed by atoms with van der Waals surface area (Å²) >= 11 is 6.00. The molecule has 5 rings (SSSR count). The fourth-order valence-corrected chi connectivity index (χ4v) is 4.65. The fourth-order valence-electron chi connectivity index (χ4n) is 4.52. The Balaban J connectivity index is 1.35. The van der Waals surface area contributed by atoms with Gasteiger partial charge in [-0.25, -0.2) is 0 Å². The lowest BCUT2D eigenvalue weighted by Crippen LogP contribution is -2.56. The fraction of sp³-hybridized carbons (Fsp3) is 0.185. The molecule has 0 spiro atoms. The van der Waals surface area contributed by atoms with Crippen molar-refractivity contribution >= 4 is 40.1 Å². The molecule has 2 amide bonds. The summed E-state index contributed by atoms with van der Waals surface area (Å²) in [6.07, 6.45) is 3.18.